The van der Waals surface area contributed by atoms with Crippen LogP contribution in [0.25, 0.3) is 11.4 Å². The number of nitrogens with one attached hydrogen (secondary N) is 1. The molecule has 10 heteroatoms. The number of nitrogens with zero attached hydrogens (tertiary/aromatic N) is 5. The molecule has 1 aliphatic heterocycles. The molecule has 0 atom stereocenters. The molecule has 38 heavy (non-hydrogen) atoms. The number of halogens is 1. The quantitative estimate of drug-likeness (QED) is 0.381. The second-order valence-electron chi connectivity index (χ2n) is 9.70. The monoisotopic (exact) mass is 522 g/mol. The number of fused-ring (bicyclic) bond motifs is 1. The Hall–Kier alpha value is -3.79. The molecule has 0 fully saturated rings. The minimum absolute atomic E-state index is 0.0182. The first kappa shape index (κ1) is 27.3. The number of likely N-dealkylation sites (N-methyl/N-ethyl adjacent to an activating group) is 1. The molecule has 2 aromatic carbocycles. The number of carbonyl (C=O) groups is 2. The number of amides is 2. The Kier molecular flexibility index (Phi) is 8.73. The van der Waals surface area contributed by atoms with Gasteiger partial charge in [-0.3, -0.25) is 14.6 Å². The maximum Gasteiger partial charge on any atom is 0.256 e. The van der Waals surface area contributed by atoms with Gasteiger partial charge in [0, 0.05) is 44.9 Å². The van der Waals surface area contributed by atoms with Crippen LogP contribution in [-0.4, -0.2) is 58.7 Å². The molecule has 0 saturated carbocycles. The molecule has 0 bridgehead atoms. The van der Waals surface area contributed by atoms with E-state index in [-0.39, 0.29) is 30.7 Å². The Labute approximate surface area is 222 Å². The van der Waals surface area contributed by atoms with E-state index in [4.69, 9.17) is 4.52 Å². The van der Waals surface area contributed by atoms with Gasteiger partial charge in [0.2, 0.25) is 17.6 Å². The van der Waals surface area contributed by atoms with Crippen LogP contribution in [0.4, 0.5) is 10.1 Å². The summed E-state index contributed by atoms with van der Waals surface area (Å²) in [6, 6.07) is 10.4. The molecule has 3 aromatic rings. The van der Waals surface area contributed by atoms with Gasteiger partial charge in [-0.25, -0.2) is 9.40 Å². The number of carbonyl (C=O) groups excluding carboxylic acids is 2. The lowest BCUT2D eigenvalue weighted by Gasteiger charge is -2.32. The maximum atomic E-state index is 13.7. The molecule has 0 spiro atoms. The van der Waals surface area contributed by atoms with Crippen LogP contribution < -0.4 is 10.2 Å². The molecule has 4 rings (SSSR count). The Morgan fingerprint density at radius 1 is 1.08 bits per heavy atom. The number of aryl methyl sites for hydroxylation is 2. The number of unbranched alkanes of at least 4 members (excludes halogenated alkanes) is 2. The van der Waals surface area contributed by atoms with Crippen LogP contribution in [0.3, 0.4) is 0 Å². The summed E-state index contributed by atoms with van der Waals surface area (Å²) >= 11 is 0. The number of aromatic nitrogens is 2. The summed E-state index contributed by atoms with van der Waals surface area (Å²) in [5.41, 5.74) is 4.24. The predicted octanol–water partition coefficient (Wildman–Crippen LogP) is 3.99. The van der Waals surface area contributed by atoms with E-state index in [1.807, 2.05) is 30.1 Å². The van der Waals surface area contributed by atoms with Gasteiger partial charge in [0.05, 0.1) is 13.1 Å². The average molecular weight is 523 g/mol. The zero-order chi connectivity index (χ0) is 27.2. The lowest BCUT2D eigenvalue weighted by Crippen LogP contribution is -2.48. The molecular weight excluding hydrogens is 487 g/mol. The van der Waals surface area contributed by atoms with Crippen molar-refractivity contribution in [1.82, 2.24) is 25.5 Å². The van der Waals surface area contributed by atoms with Crippen LogP contribution in [-0.2, 0) is 22.7 Å². The third kappa shape index (κ3) is 6.55. The average Bonchev–Trinajstić information content (AvgIpc) is 3.52. The number of benzene rings is 2. The zero-order valence-corrected chi connectivity index (χ0v) is 22.5. The molecule has 2 amide bonds. The summed E-state index contributed by atoms with van der Waals surface area (Å²) in [6.45, 7) is 7.33. The summed E-state index contributed by atoms with van der Waals surface area (Å²) in [6.07, 6.45) is 3.02. The van der Waals surface area contributed by atoms with Crippen LogP contribution in [0.15, 0.2) is 40.9 Å². The molecule has 0 radical (unpaired) electrons. The van der Waals surface area contributed by atoms with Crippen molar-refractivity contribution >= 4 is 17.5 Å². The van der Waals surface area contributed by atoms with E-state index >= 15 is 0 Å². The summed E-state index contributed by atoms with van der Waals surface area (Å²) in [5.74, 6) is 0.271. The first-order valence-corrected chi connectivity index (χ1v) is 13.0. The SMILES string of the molecule is CCCCCNC(=O)CN(CC(=O)N(C)N1Cc2ccc(F)cc2C1)c1cc(-c2noc(C)n2)ccc1C. The molecule has 1 aliphatic rings. The van der Waals surface area contributed by atoms with Gasteiger partial charge in [0.1, 0.15) is 5.82 Å². The van der Waals surface area contributed by atoms with Crippen LogP contribution in [0.5, 0.6) is 0 Å². The Morgan fingerprint density at radius 2 is 1.87 bits per heavy atom. The van der Waals surface area contributed by atoms with E-state index in [2.05, 4.69) is 22.4 Å². The molecule has 0 unspecified atom stereocenters. The first-order valence-electron chi connectivity index (χ1n) is 13.0. The molecule has 0 aliphatic carbocycles. The summed E-state index contributed by atoms with van der Waals surface area (Å²) in [5, 5.41) is 10.4. The van der Waals surface area contributed by atoms with E-state index < -0.39 is 0 Å². The van der Waals surface area contributed by atoms with Gasteiger partial charge in [-0.1, -0.05) is 43.1 Å². The van der Waals surface area contributed by atoms with Gasteiger partial charge < -0.3 is 14.7 Å². The Morgan fingerprint density at radius 3 is 2.61 bits per heavy atom. The van der Waals surface area contributed by atoms with Crippen molar-refractivity contribution in [3.05, 3.63) is 64.8 Å². The lowest BCUT2D eigenvalue weighted by molar-refractivity contribution is -0.145. The molecular formula is C28H35FN6O3. The van der Waals surface area contributed by atoms with E-state index in [9.17, 15) is 14.0 Å². The third-order valence-electron chi connectivity index (χ3n) is 6.76. The molecule has 1 N–H and O–H groups in total. The standard InChI is InChI=1S/C28H35FN6O3/c1-5-6-7-12-30-26(36)17-34(25-14-21(9-8-19(25)2)28-31-20(3)38-32-28)18-27(37)33(4)35-15-22-10-11-24(29)13-23(22)16-35/h8-11,13-14H,5-7,12,15-18H2,1-4H3,(H,30,36). The molecule has 202 valence electrons. The second kappa shape index (κ2) is 12.2. The van der Waals surface area contributed by atoms with Crippen molar-refractivity contribution < 1.29 is 18.5 Å². The first-order chi connectivity index (χ1) is 18.2. The molecule has 2 heterocycles. The van der Waals surface area contributed by atoms with Gasteiger partial charge in [0.25, 0.3) is 5.91 Å². The van der Waals surface area contributed by atoms with Crippen molar-refractivity contribution in [2.75, 3.05) is 31.6 Å². The zero-order valence-electron chi connectivity index (χ0n) is 22.5. The second-order valence-corrected chi connectivity index (χ2v) is 9.70. The normalized spacial score (nSPS) is 12.9. The minimum atomic E-state index is -0.289. The van der Waals surface area contributed by atoms with Gasteiger partial charge >= 0.3 is 0 Å². The van der Waals surface area contributed by atoms with Gasteiger partial charge in [0.15, 0.2) is 0 Å². The van der Waals surface area contributed by atoms with Crippen LogP contribution in [0.1, 0.15) is 48.8 Å². The highest BCUT2D eigenvalue weighted by Crippen LogP contribution is 2.28. The van der Waals surface area contributed by atoms with Crippen molar-refractivity contribution in [1.29, 1.82) is 0 Å². The van der Waals surface area contributed by atoms with Crippen LogP contribution >= 0.6 is 0 Å². The summed E-state index contributed by atoms with van der Waals surface area (Å²) in [7, 11) is 1.71. The maximum absolute atomic E-state index is 13.7. The van der Waals surface area contributed by atoms with E-state index in [0.29, 0.717) is 31.3 Å². The van der Waals surface area contributed by atoms with Crippen LogP contribution in [0.2, 0.25) is 0 Å². The number of hydrogen-bond donors (Lipinski definition) is 1. The largest absolute Gasteiger partial charge is 0.355 e. The van der Waals surface area contributed by atoms with Crippen LogP contribution in [0, 0.1) is 19.7 Å². The molecule has 9 nitrogen and oxygen atoms in total. The highest BCUT2D eigenvalue weighted by atomic mass is 19.1. The Bertz CT molecular complexity index is 1290. The van der Waals surface area contributed by atoms with Crippen molar-refractivity contribution in [2.24, 2.45) is 0 Å². The van der Waals surface area contributed by atoms with Gasteiger partial charge in [-0.15, -0.1) is 0 Å². The fraction of sp³-hybridized carbons (Fsp3) is 0.429. The fourth-order valence-electron chi connectivity index (χ4n) is 4.54. The van der Waals surface area contributed by atoms with Gasteiger partial charge in [-0.2, -0.15) is 4.98 Å². The fourth-order valence-corrected chi connectivity index (χ4v) is 4.54. The van der Waals surface area contributed by atoms with E-state index in [1.54, 1.807) is 29.9 Å². The lowest BCUT2D eigenvalue weighted by atomic mass is 10.1. The smallest absolute Gasteiger partial charge is 0.256 e. The summed E-state index contributed by atoms with van der Waals surface area (Å²) in [4.78, 5) is 32.5. The van der Waals surface area contributed by atoms with Crippen molar-refractivity contribution in [3.63, 3.8) is 0 Å². The minimum Gasteiger partial charge on any atom is -0.355 e. The predicted molar refractivity (Wildman–Crippen MR) is 142 cm³/mol. The highest BCUT2D eigenvalue weighted by molar-refractivity contribution is 5.87. The third-order valence-corrected chi connectivity index (χ3v) is 6.76. The number of hydrazine groups is 1. The number of anilines is 1. The highest BCUT2D eigenvalue weighted by Gasteiger charge is 2.27. The molecule has 1 aromatic heterocycles. The van der Waals surface area contributed by atoms with Gasteiger partial charge in [-0.05, 0) is 48.2 Å². The van der Waals surface area contributed by atoms with E-state index in [1.165, 1.54) is 12.1 Å². The summed E-state index contributed by atoms with van der Waals surface area (Å²) < 4.78 is 18.8. The van der Waals surface area contributed by atoms with Crippen molar-refractivity contribution in [2.45, 2.75) is 53.1 Å². The number of rotatable bonds is 11. The Balaban J connectivity index is 1.53. The van der Waals surface area contributed by atoms with E-state index in [0.717, 1.165) is 47.2 Å². The van der Waals surface area contributed by atoms with Crippen molar-refractivity contribution in [3.8, 4) is 11.4 Å². The molecule has 0 saturated heterocycles. The number of hydrogen-bond acceptors (Lipinski definition) is 7. The topological polar surface area (TPSA) is 94.8 Å².